The minimum absolute atomic E-state index is 0.00882. The lowest BCUT2D eigenvalue weighted by atomic mass is 9.85. The number of likely N-dealkylation sites (tertiary alicyclic amines) is 1. The molecule has 4 N–H and O–H groups in total. The van der Waals surface area contributed by atoms with E-state index in [1.165, 1.54) is 4.90 Å². The number of ketones is 1. The van der Waals surface area contributed by atoms with Gasteiger partial charge in [-0.1, -0.05) is 101 Å². The number of carbonyl (C=O) groups is 4. The second-order valence-corrected chi connectivity index (χ2v) is 16.8. The number of carbonyl (C=O) groups excluding carboxylic acids is 4. The molecule has 12 nitrogen and oxygen atoms in total. The molecule has 0 spiro atoms. The number of aromatic nitrogens is 3. The second kappa shape index (κ2) is 22.3. The van der Waals surface area contributed by atoms with Crippen LogP contribution < -0.4 is 15.4 Å². The molecule has 1 saturated heterocycles. The number of aliphatic hydroxyl groups excluding tert-OH is 1. The number of benzene rings is 3. The van der Waals surface area contributed by atoms with Gasteiger partial charge in [0.2, 0.25) is 18.2 Å². The van der Waals surface area contributed by atoms with Crippen LogP contribution in [0.1, 0.15) is 74.1 Å². The molecule has 0 saturated carbocycles. The van der Waals surface area contributed by atoms with Gasteiger partial charge in [0.05, 0.1) is 28.8 Å². The van der Waals surface area contributed by atoms with Crippen LogP contribution in [0, 0.1) is 12.3 Å². The molecule has 62 heavy (non-hydrogen) atoms. The van der Waals surface area contributed by atoms with Gasteiger partial charge in [0.25, 0.3) is 0 Å². The molecule has 6 aromatic rings. The van der Waals surface area contributed by atoms with E-state index < -0.39 is 23.6 Å². The Morgan fingerprint density at radius 1 is 1.00 bits per heavy atom. The topological polar surface area (TPSA) is 167 Å². The normalized spacial score (nSPS) is 15.1. The Labute approximate surface area is 373 Å². The SMILES string of the molecule is CCCCOc1ccc(-c2cnc3[nH]cc(C(=O)c4ccccc4)c3c2)cc1.CS.Cc1ncsc1-c1ccc(CNC(=O)C2C[C@@H](O)CN2C(=O)[C@@H](NC=O)C(C)(C)C)cc1. The maximum absolute atomic E-state index is 13.1. The number of pyridine rings is 1. The maximum Gasteiger partial charge on any atom is 0.246 e. The van der Waals surface area contributed by atoms with Crippen LogP contribution in [0.25, 0.3) is 32.6 Å². The molecular weight excluding hydrogens is 821 g/mol. The molecule has 3 aromatic carbocycles. The second-order valence-electron chi connectivity index (χ2n) is 15.9. The van der Waals surface area contributed by atoms with Gasteiger partial charge >= 0.3 is 0 Å². The summed E-state index contributed by atoms with van der Waals surface area (Å²) in [6, 6.07) is 25.6. The number of H-pyrrole nitrogens is 1. The minimum atomic E-state index is -0.789. The molecule has 3 aromatic heterocycles. The number of hydrogen-bond acceptors (Lipinski definition) is 10. The van der Waals surface area contributed by atoms with Gasteiger partial charge in [0.1, 0.15) is 23.5 Å². The van der Waals surface area contributed by atoms with Crippen molar-refractivity contribution in [2.45, 2.75) is 78.6 Å². The van der Waals surface area contributed by atoms with Crippen LogP contribution in [0.4, 0.5) is 0 Å². The quantitative estimate of drug-likeness (QED) is 0.0318. The van der Waals surface area contributed by atoms with Gasteiger partial charge in [-0.15, -0.1) is 11.3 Å². The molecule has 1 aliphatic rings. The summed E-state index contributed by atoms with van der Waals surface area (Å²) in [5.41, 5.74) is 8.29. The molecular formula is C48H56N6O6S2. The van der Waals surface area contributed by atoms with Crippen molar-refractivity contribution in [3.63, 3.8) is 0 Å². The highest BCUT2D eigenvalue weighted by molar-refractivity contribution is 7.79. The van der Waals surface area contributed by atoms with E-state index in [2.05, 4.69) is 45.1 Å². The summed E-state index contributed by atoms with van der Waals surface area (Å²) in [5, 5.41) is 16.4. The third-order valence-electron chi connectivity index (χ3n) is 10.4. The first-order valence-corrected chi connectivity index (χ1v) is 22.4. The number of aromatic amines is 1. The van der Waals surface area contributed by atoms with Crippen molar-refractivity contribution in [3.8, 4) is 27.3 Å². The molecule has 0 aliphatic carbocycles. The van der Waals surface area contributed by atoms with Crippen molar-refractivity contribution < 1.29 is 29.0 Å². The number of thiazole rings is 1. The Morgan fingerprint density at radius 2 is 1.69 bits per heavy atom. The van der Waals surface area contributed by atoms with Crippen molar-refractivity contribution in [2.75, 3.05) is 19.4 Å². The summed E-state index contributed by atoms with van der Waals surface area (Å²) in [7, 11) is 0. The zero-order valence-corrected chi connectivity index (χ0v) is 37.8. The minimum Gasteiger partial charge on any atom is -0.494 e. The van der Waals surface area contributed by atoms with Crippen LogP contribution in [0.2, 0.25) is 0 Å². The van der Waals surface area contributed by atoms with Gasteiger partial charge in [-0.25, -0.2) is 9.97 Å². The number of nitrogens with zero attached hydrogens (tertiary/aromatic N) is 3. The predicted molar refractivity (Wildman–Crippen MR) is 249 cm³/mol. The zero-order valence-electron chi connectivity index (χ0n) is 36.1. The van der Waals surface area contributed by atoms with Crippen molar-refractivity contribution >= 4 is 59.0 Å². The highest BCUT2D eigenvalue weighted by Gasteiger charge is 2.43. The molecule has 1 aliphatic heterocycles. The third kappa shape index (κ3) is 12.0. The molecule has 326 valence electrons. The average Bonchev–Trinajstić information content (AvgIpc) is 4.03. The number of unbranched alkanes of at least 4 members (excludes halogenated alkanes) is 1. The van der Waals surface area contributed by atoms with Crippen LogP contribution in [0.5, 0.6) is 5.75 Å². The van der Waals surface area contributed by atoms with Gasteiger partial charge in [0.15, 0.2) is 5.78 Å². The average molecular weight is 877 g/mol. The van der Waals surface area contributed by atoms with Crippen molar-refractivity contribution in [1.29, 1.82) is 0 Å². The zero-order chi connectivity index (χ0) is 44.8. The van der Waals surface area contributed by atoms with E-state index in [1.807, 2.05) is 124 Å². The van der Waals surface area contributed by atoms with Crippen molar-refractivity contribution in [3.05, 3.63) is 125 Å². The molecule has 3 atom stereocenters. The molecule has 1 fully saturated rings. The predicted octanol–water partition coefficient (Wildman–Crippen LogP) is 8.04. The van der Waals surface area contributed by atoms with Crippen LogP contribution in [0.3, 0.4) is 0 Å². The van der Waals surface area contributed by atoms with E-state index in [0.29, 0.717) is 29.7 Å². The standard InChI is InChI=1S/C24H22N2O2.C23H30N4O4S.CH4S/c1-2-3-13-28-20-11-9-17(10-12-20)19-14-21-22(16-26-24(21)25-15-19)23(27)18-7-5-4-6-8-18;1-14-19(32-13-26-14)16-7-5-15(6-8-16)10-24-21(30)18-9-17(29)11-27(18)22(31)20(25-12-28)23(2,3)4;1-2/h4-12,14-16H,2-3,13H2,1H3,(H,25,26);5-8,12-13,17-18,20,29H,9-11H2,1-4H3,(H,24,30)(H,25,28);2H,1H3/t;17-,18?,20-;/m.1./s1. The van der Waals surface area contributed by atoms with Crippen molar-refractivity contribution in [2.24, 2.45) is 5.41 Å². The smallest absolute Gasteiger partial charge is 0.246 e. The monoisotopic (exact) mass is 876 g/mol. The summed E-state index contributed by atoms with van der Waals surface area (Å²) < 4.78 is 5.73. The number of rotatable bonds is 14. The van der Waals surface area contributed by atoms with Crippen molar-refractivity contribution in [1.82, 2.24) is 30.5 Å². The lowest BCUT2D eigenvalue weighted by Crippen LogP contribution is -2.56. The number of fused-ring (bicyclic) bond motifs is 1. The summed E-state index contributed by atoms with van der Waals surface area (Å²) >= 11 is 5.11. The largest absolute Gasteiger partial charge is 0.494 e. The van der Waals surface area contributed by atoms with Gasteiger partial charge < -0.3 is 30.4 Å². The molecule has 4 heterocycles. The first-order chi connectivity index (χ1) is 29.9. The third-order valence-corrected chi connectivity index (χ3v) is 11.4. The number of thiol groups is 1. The van der Waals surface area contributed by atoms with Gasteiger partial charge in [-0.3, -0.25) is 19.2 Å². The molecule has 7 rings (SSSR count). The summed E-state index contributed by atoms with van der Waals surface area (Å²) in [6.07, 6.45) is 7.29. The number of aliphatic hydroxyl groups is 1. The molecule has 1 unspecified atom stereocenters. The fourth-order valence-corrected chi connectivity index (χ4v) is 7.88. The number of ether oxygens (including phenoxy) is 1. The van der Waals surface area contributed by atoms with E-state index in [9.17, 15) is 24.3 Å². The fraction of sp³-hybridized carbons (Fsp3) is 0.333. The lowest BCUT2D eigenvalue weighted by Gasteiger charge is -2.34. The Bertz CT molecular complexity index is 2390. The molecule has 0 radical (unpaired) electrons. The Morgan fingerprint density at radius 3 is 2.32 bits per heavy atom. The van der Waals surface area contributed by atoms with Gasteiger partial charge in [-0.2, -0.15) is 12.6 Å². The summed E-state index contributed by atoms with van der Waals surface area (Å²) in [5.74, 6) is 0.167. The maximum atomic E-state index is 13.1. The first kappa shape index (κ1) is 47.2. The summed E-state index contributed by atoms with van der Waals surface area (Å²) in [6.45, 7) is 10.7. The van der Waals surface area contributed by atoms with E-state index >= 15 is 0 Å². The number of hydrogen-bond donors (Lipinski definition) is 5. The van der Waals surface area contributed by atoms with E-state index in [0.717, 1.165) is 63.4 Å². The molecule has 0 bridgehead atoms. The summed E-state index contributed by atoms with van der Waals surface area (Å²) in [4.78, 5) is 64.3. The fourth-order valence-electron chi connectivity index (χ4n) is 7.06. The van der Waals surface area contributed by atoms with E-state index in [4.69, 9.17) is 4.74 Å². The van der Waals surface area contributed by atoms with Crippen LogP contribution >= 0.6 is 24.0 Å². The Balaban J connectivity index is 0.000000227. The number of aryl methyl sites for hydroxylation is 1. The van der Waals surface area contributed by atoms with E-state index in [1.54, 1.807) is 23.8 Å². The van der Waals surface area contributed by atoms with Crippen LogP contribution in [0.15, 0.2) is 103 Å². The van der Waals surface area contributed by atoms with Gasteiger partial charge in [0, 0.05) is 54.0 Å². The number of amides is 3. The first-order valence-electron chi connectivity index (χ1n) is 20.6. The molecule has 14 heteroatoms. The molecule has 3 amide bonds. The number of nitrogens with one attached hydrogen (secondary N) is 3. The Hall–Kier alpha value is -5.83. The van der Waals surface area contributed by atoms with Crippen LogP contribution in [-0.2, 0) is 20.9 Å². The Kier molecular flexibility index (Phi) is 17.0. The highest BCUT2D eigenvalue weighted by Crippen LogP contribution is 2.30. The van der Waals surface area contributed by atoms with Crippen LogP contribution in [-0.4, -0.2) is 86.6 Å². The lowest BCUT2D eigenvalue weighted by molar-refractivity contribution is -0.143. The number of β-amino-alcohol motifs (C(OH)–C–C–N with tert-alkyl or cyclic N) is 1. The highest BCUT2D eigenvalue weighted by atomic mass is 32.1. The van der Waals surface area contributed by atoms with E-state index in [-0.39, 0.29) is 30.6 Å². The van der Waals surface area contributed by atoms with Gasteiger partial charge in [-0.05, 0) is 59.9 Å².